The highest BCUT2D eigenvalue weighted by Gasteiger charge is 2.12. The van der Waals surface area contributed by atoms with Crippen LogP contribution in [0.5, 0.6) is 0 Å². The van der Waals surface area contributed by atoms with E-state index in [-0.39, 0.29) is 0 Å². The van der Waals surface area contributed by atoms with Gasteiger partial charge >= 0.3 is 0 Å². The highest BCUT2D eigenvalue weighted by molar-refractivity contribution is 7.13. The number of hydrogen-bond acceptors (Lipinski definition) is 5. The van der Waals surface area contributed by atoms with Gasteiger partial charge in [-0.05, 0) is 23.3 Å². The van der Waals surface area contributed by atoms with E-state index in [1.807, 2.05) is 35.7 Å². The van der Waals surface area contributed by atoms with Crippen molar-refractivity contribution in [2.75, 3.05) is 11.9 Å². The van der Waals surface area contributed by atoms with E-state index >= 15 is 0 Å². The zero-order valence-electron chi connectivity index (χ0n) is 16.2. The van der Waals surface area contributed by atoms with Gasteiger partial charge in [-0.15, -0.1) is 11.3 Å². The first-order valence-corrected chi connectivity index (χ1v) is 10.4. The van der Waals surface area contributed by atoms with Gasteiger partial charge in [0.2, 0.25) is 5.91 Å². The Balaban J connectivity index is 1.48. The molecule has 4 rings (SSSR count). The Morgan fingerprint density at radius 2 is 1.50 bits per heavy atom. The van der Waals surface area contributed by atoms with Crippen LogP contribution in [0.3, 0.4) is 0 Å². The molecule has 150 valence electrons. The Morgan fingerprint density at radius 3 is 2.17 bits per heavy atom. The highest BCUT2D eigenvalue weighted by Crippen LogP contribution is 2.31. The number of carbonyl (C=O) groups excluding carboxylic acids is 1. The largest absolute Gasteiger partial charge is 0.394 e. The summed E-state index contributed by atoms with van der Waals surface area (Å²) in [6.07, 6.45) is 0. The average Bonchev–Trinajstić information content (AvgIpc) is 3.30. The minimum Gasteiger partial charge on any atom is -0.394 e. The van der Waals surface area contributed by atoms with Crippen molar-refractivity contribution in [1.82, 2.24) is 4.98 Å². The van der Waals surface area contributed by atoms with Crippen molar-refractivity contribution in [3.05, 3.63) is 84.2 Å². The molecule has 0 aliphatic rings. The molecular formula is C24H21N3O2S. The zero-order valence-corrected chi connectivity index (χ0v) is 17.0. The molecule has 1 atom stereocenters. The SMILES string of the molecule is N[C@@H](CO)C(=O)Nc1ccc(-c2csc(-c3ccc(-c4ccccc4)cc3)n2)cc1. The third-order valence-corrected chi connectivity index (χ3v) is 5.62. The second kappa shape index (κ2) is 9.00. The second-order valence-electron chi connectivity index (χ2n) is 6.84. The van der Waals surface area contributed by atoms with Crippen molar-refractivity contribution < 1.29 is 9.90 Å². The van der Waals surface area contributed by atoms with Crippen LogP contribution in [-0.4, -0.2) is 28.6 Å². The summed E-state index contributed by atoms with van der Waals surface area (Å²) in [4.78, 5) is 16.5. The van der Waals surface area contributed by atoms with Crippen molar-refractivity contribution in [2.24, 2.45) is 5.73 Å². The molecule has 4 aromatic rings. The Kier molecular flexibility index (Phi) is 5.99. The number of amides is 1. The molecule has 0 spiro atoms. The van der Waals surface area contributed by atoms with Crippen molar-refractivity contribution in [3.63, 3.8) is 0 Å². The number of aromatic nitrogens is 1. The van der Waals surface area contributed by atoms with Gasteiger partial charge in [-0.3, -0.25) is 4.79 Å². The zero-order chi connectivity index (χ0) is 20.9. The number of anilines is 1. The number of nitrogens with two attached hydrogens (primary N) is 1. The summed E-state index contributed by atoms with van der Waals surface area (Å²) in [5, 5.41) is 14.6. The van der Waals surface area contributed by atoms with E-state index in [2.05, 4.69) is 41.7 Å². The smallest absolute Gasteiger partial charge is 0.243 e. The number of aliphatic hydroxyl groups is 1. The number of nitrogens with one attached hydrogen (secondary N) is 1. The lowest BCUT2D eigenvalue weighted by Gasteiger charge is -2.09. The van der Waals surface area contributed by atoms with Gasteiger partial charge in [0, 0.05) is 22.2 Å². The second-order valence-corrected chi connectivity index (χ2v) is 7.70. The van der Waals surface area contributed by atoms with Crippen molar-refractivity contribution >= 4 is 22.9 Å². The first-order valence-electron chi connectivity index (χ1n) is 9.53. The lowest BCUT2D eigenvalue weighted by Crippen LogP contribution is -2.38. The van der Waals surface area contributed by atoms with Crippen LogP contribution in [0.4, 0.5) is 5.69 Å². The summed E-state index contributed by atoms with van der Waals surface area (Å²) in [7, 11) is 0. The summed E-state index contributed by atoms with van der Waals surface area (Å²) in [5.41, 5.74) is 11.4. The maximum atomic E-state index is 11.8. The predicted octanol–water partition coefficient (Wildman–Crippen LogP) is 4.40. The molecule has 1 aromatic heterocycles. The molecule has 4 N–H and O–H groups in total. The van der Waals surface area contributed by atoms with Crippen LogP contribution in [0.25, 0.3) is 33.0 Å². The van der Waals surface area contributed by atoms with Crippen molar-refractivity contribution in [2.45, 2.75) is 6.04 Å². The third-order valence-electron chi connectivity index (χ3n) is 4.72. The van der Waals surface area contributed by atoms with Gasteiger partial charge in [0.15, 0.2) is 0 Å². The Labute approximate surface area is 178 Å². The fraction of sp³-hybridized carbons (Fsp3) is 0.0833. The summed E-state index contributed by atoms with van der Waals surface area (Å²) >= 11 is 1.60. The fourth-order valence-corrected chi connectivity index (χ4v) is 3.85. The normalized spacial score (nSPS) is 11.8. The monoisotopic (exact) mass is 415 g/mol. The highest BCUT2D eigenvalue weighted by atomic mass is 32.1. The number of rotatable bonds is 6. The standard InChI is InChI=1S/C24H21N3O2S/c25-21(14-28)23(29)26-20-12-10-18(11-13-20)22-15-30-24(27-22)19-8-6-17(7-9-19)16-4-2-1-3-5-16/h1-13,15,21,28H,14,25H2,(H,26,29)/t21-/m0/s1. The summed E-state index contributed by atoms with van der Waals surface area (Å²) in [5.74, 6) is -0.417. The van der Waals surface area contributed by atoms with Gasteiger partial charge in [0.05, 0.1) is 12.3 Å². The van der Waals surface area contributed by atoms with Crippen LogP contribution < -0.4 is 11.1 Å². The Bertz CT molecular complexity index is 1120. The van der Waals surface area contributed by atoms with Crippen LogP contribution in [0.2, 0.25) is 0 Å². The van der Waals surface area contributed by atoms with Crippen molar-refractivity contribution in [1.29, 1.82) is 0 Å². The van der Waals surface area contributed by atoms with E-state index in [0.717, 1.165) is 21.8 Å². The number of benzene rings is 3. The van der Waals surface area contributed by atoms with Crippen molar-refractivity contribution in [3.8, 4) is 33.0 Å². The number of carbonyl (C=O) groups is 1. The molecule has 0 aliphatic heterocycles. The van der Waals surface area contributed by atoms with Gasteiger partial charge in [0.25, 0.3) is 0 Å². The third kappa shape index (κ3) is 4.46. The number of nitrogens with zero attached hydrogens (tertiary/aromatic N) is 1. The minimum absolute atomic E-state index is 0.391. The van der Waals surface area contributed by atoms with E-state index in [1.165, 1.54) is 11.1 Å². The van der Waals surface area contributed by atoms with E-state index < -0.39 is 18.6 Å². The molecule has 1 heterocycles. The van der Waals surface area contributed by atoms with Gasteiger partial charge in [-0.1, -0.05) is 66.7 Å². The quantitative estimate of drug-likeness (QED) is 0.435. The van der Waals surface area contributed by atoms with Gasteiger partial charge < -0.3 is 16.2 Å². The molecule has 3 aromatic carbocycles. The molecule has 0 saturated carbocycles. The molecule has 0 aliphatic carbocycles. The molecule has 0 bridgehead atoms. The molecule has 30 heavy (non-hydrogen) atoms. The van der Waals surface area contributed by atoms with Crippen LogP contribution in [0, 0.1) is 0 Å². The molecule has 0 radical (unpaired) electrons. The Hall–Kier alpha value is -3.32. The van der Waals surface area contributed by atoms with E-state index in [9.17, 15) is 4.79 Å². The van der Waals surface area contributed by atoms with Crippen LogP contribution in [-0.2, 0) is 4.79 Å². The molecule has 0 fully saturated rings. The van der Waals surface area contributed by atoms with E-state index in [1.54, 1.807) is 23.5 Å². The average molecular weight is 416 g/mol. The first kappa shape index (κ1) is 20.0. The van der Waals surface area contributed by atoms with Gasteiger partial charge in [-0.2, -0.15) is 0 Å². The summed E-state index contributed by atoms with van der Waals surface area (Å²) in [6.45, 7) is -0.391. The van der Waals surface area contributed by atoms with Gasteiger partial charge in [0.1, 0.15) is 11.0 Å². The maximum Gasteiger partial charge on any atom is 0.243 e. The molecule has 1 amide bonds. The summed E-state index contributed by atoms with van der Waals surface area (Å²) in [6, 6.07) is 25.1. The predicted molar refractivity (Wildman–Crippen MR) is 122 cm³/mol. The minimum atomic E-state index is -0.931. The molecule has 5 nitrogen and oxygen atoms in total. The van der Waals surface area contributed by atoms with E-state index in [0.29, 0.717) is 5.69 Å². The molecular weight excluding hydrogens is 394 g/mol. The molecule has 0 saturated heterocycles. The lowest BCUT2D eigenvalue weighted by atomic mass is 10.0. The summed E-state index contributed by atoms with van der Waals surface area (Å²) < 4.78 is 0. The first-order chi connectivity index (χ1) is 14.6. The number of hydrogen-bond donors (Lipinski definition) is 3. The Morgan fingerprint density at radius 1 is 0.900 bits per heavy atom. The number of aliphatic hydroxyl groups excluding tert-OH is 1. The van der Waals surface area contributed by atoms with Crippen LogP contribution >= 0.6 is 11.3 Å². The van der Waals surface area contributed by atoms with Crippen LogP contribution in [0.15, 0.2) is 84.2 Å². The number of thiazole rings is 1. The lowest BCUT2D eigenvalue weighted by molar-refractivity contribution is -0.118. The van der Waals surface area contributed by atoms with Gasteiger partial charge in [-0.25, -0.2) is 4.98 Å². The molecule has 6 heteroatoms. The molecule has 0 unspecified atom stereocenters. The fourth-order valence-electron chi connectivity index (χ4n) is 3.02. The van der Waals surface area contributed by atoms with E-state index in [4.69, 9.17) is 15.8 Å². The van der Waals surface area contributed by atoms with Crippen LogP contribution in [0.1, 0.15) is 0 Å². The maximum absolute atomic E-state index is 11.8. The topological polar surface area (TPSA) is 88.2 Å².